The molecule has 1 N–H and O–H groups in total. The number of carbonyl (C=O) groups is 1. The van der Waals surface area contributed by atoms with Crippen LogP contribution in [0.4, 0.5) is 10.1 Å². The van der Waals surface area contributed by atoms with Crippen molar-refractivity contribution in [3.05, 3.63) is 57.2 Å². The van der Waals surface area contributed by atoms with E-state index in [-0.39, 0.29) is 5.91 Å². The van der Waals surface area contributed by atoms with Crippen molar-refractivity contribution in [1.82, 2.24) is 4.98 Å². The average Bonchev–Trinajstić information content (AvgIpc) is 2.36. The Labute approximate surface area is 118 Å². The van der Waals surface area contributed by atoms with E-state index in [2.05, 4.69) is 32.9 Å². The summed E-state index contributed by atoms with van der Waals surface area (Å²) in [6.07, 6.45) is 1.22. The minimum absolute atomic E-state index is 0.299. The largest absolute Gasteiger partial charge is 0.322 e. The summed E-state index contributed by atoms with van der Waals surface area (Å²) >= 11 is 2.20. The van der Waals surface area contributed by atoms with Crippen LogP contribution in [-0.2, 0) is 0 Å². The van der Waals surface area contributed by atoms with Crippen LogP contribution in [-0.4, -0.2) is 10.9 Å². The molecule has 0 aliphatic rings. The van der Waals surface area contributed by atoms with Crippen molar-refractivity contribution >= 4 is 34.2 Å². The van der Waals surface area contributed by atoms with Crippen LogP contribution in [0.5, 0.6) is 0 Å². The number of amides is 1. The highest BCUT2D eigenvalue weighted by Crippen LogP contribution is 2.20. The second kappa shape index (κ2) is 5.43. The predicted molar refractivity (Wildman–Crippen MR) is 76.0 cm³/mol. The van der Waals surface area contributed by atoms with Gasteiger partial charge < -0.3 is 5.32 Å². The standard InChI is InChI=1S/C13H10FIN2O/c1-8-10(15)3-2-4-11(8)17-13(18)9-5-6-12(14)16-7-9/h2-7H,1H3,(H,17,18). The molecule has 0 aliphatic heterocycles. The topological polar surface area (TPSA) is 42.0 Å². The molecular formula is C13H10FIN2O. The van der Waals surface area contributed by atoms with Gasteiger partial charge in [-0.2, -0.15) is 4.39 Å². The Kier molecular flexibility index (Phi) is 3.90. The SMILES string of the molecule is Cc1c(I)cccc1NC(=O)c1ccc(F)nc1. The normalized spacial score (nSPS) is 10.2. The van der Waals surface area contributed by atoms with E-state index in [4.69, 9.17) is 0 Å². The van der Waals surface area contributed by atoms with E-state index in [1.807, 2.05) is 25.1 Å². The van der Waals surface area contributed by atoms with Crippen molar-refractivity contribution in [3.63, 3.8) is 0 Å². The van der Waals surface area contributed by atoms with Crippen LogP contribution in [0.3, 0.4) is 0 Å². The minimum atomic E-state index is -0.600. The van der Waals surface area contributed by atoms with Crippen LogP contribution in [0.25, 0.3) is 0 Å². The third kappa shape index (κ3) is 2.84. The molecule has 1 heterocycles. The molecule has 3 nitrogen and oxygen atoms in total. The molecule has 5 heteroatoms. The monoisotopic (exact) mass is 356 g/mol. The molecule has 1 aromatic carbocycles. The zero-order chi connectivity index (χ0) is 13.1. The summed E-state index contributed by atoms with van der Waals surface area (Å²) in [6.45, 7) is 1.93. The lowest BCUT2D eigenvalue weighted by Crippen LogP contribution is -2.13. The van der Waals surface area contributed by atoms with Gasteiger partial charge in [0.25, 0.3) is 5.91 Å². The Bertz CT molecular complexity index is 584. The van der Waals surface area contributed by atoms with Gasteiger partial charge in [0.15, 0.2) is 0 Å². The van der Waals surface area contributed by atoms with Gasteiger partial charge in [0, 0.05) is 15.5 Å². The van der Waals surface area contributed by atoms with E-state index >= 15 is 0 Å². The van der Waals surface area contributed by atoms with E-state index < -0.39 is 5.95 Å². The summed E-state index contributed by atoms with van der Waals surface area (Å²) < 4.78 is 13.7. The molecule has 18 heavy (non-hydrogen) atoms. The molecule has 1 aromatic heterocycles. The molecule has 2 rings (SSSR count). The Morgan fingerprint density at radius 2 is 2.11 bits per heavy atom. The first-order valence-electron chi connectivity index (χ1n) is 5.26. The maximum absolute atomic E-state index is 12.7. The van der Waals surface area contributed by atoms with Gasteiger partial charge in [-0.1, -0.05) is 6.07 Å². The predicted octanol–water partition coefficient (Wildman–Crippen LogP) is 3.39. The zero-order valence-electron chi connectivity index (χ0n) is 9.58. The quantitative estimate of drug-likeness (QED) is 0.662. The van der Waals surface area contributed by atoms with Gasteiger partial charge in [-0.05, 0) is 59.3 Å². The van der Waals surface area contributed by atoms with E-state index in [9.17, 15) is 9.18 Å². The summed E-state index contributed by atoms with van der Waals surface area (Å²) in [4.78, 5) is 15.4. The van der Waals surface area contributed by atoms with Crippen molar-refractivity contribution < 1.29 is 9.18 Å². The number of halogens is 2. The van der Waals surface area contributed by atoms with Gasteiger partial charge in [0.05, 0.1) is 5.56 Å². The first kappa shape index (κ1) is 12.9. The Hall–Kier alpha value is -1.50. The van der Waals surface area contributed by atoms with Gasteiger partial charge in [0.2, 0.25) is 5.95 Å². The molecule has 0 bridgehead atoms. The van der Waals surface area contributed by atoms with E-state index in [0.717, 1.165) is 20.9 Å². The van der Waals surface area contributed by atoms with Crippen LogP contribution < -0.4 is 5.32 Å². The number of benzene rings is 1. The fourth-order valence-corrected chi connectivity index (χ4v) is 1.95. The first-order chi connectivity index (χ1) is 8.58. The molecule has 0 saturated carbocycles. The fraction of sp³-hybridized carbons (Fsp3) is 0.0769. The van der Waals surface area contributed by atoms with E-state index in [1.165, 1.54) is 12.3 Å². The van der Waals surface area contributed by atoms with Crippen molar-refractivity contribution in [2.75, 3.05) is 5.32 Å². The van der Waals surface area contributed by atoms with Crippen molar-refractivity contribution in [2.45, 2.75) is 6.92 Å². The maximum atomic E-state index is 12.7. The van der Waals surface area contributed by atoms with Crippen LogP contribution in [0.15, 0.2) is 36.5 Å². The lowest BCUT2D eigenvalue weighted by molar-refractivity contribution is 0.102. The molecule has 0 atom stereocenters. The molecule has 0 saturated heterocycles. The lowest BCUT2D eigenvalue weighted by atomic mass is 10.2. The summed E-state index contributed by atoms with van der Waals surface area (Å²) in [6, 6.07) is 8.22. The first-order valence-corrected chi connectivity index (χ1v) is 6.34. The molecule has 0 spiro atoms. The molecule has 0 unspecified atom stereocenters. The zero-order valence-corrected chi connectivity index (χ0v) is 11.7. The van der Waals surface area contributed by atoms with Gasteiger partial charge in [-0.15, -0.1) is 0 Å². The van der Waals surface area contributed by atoms with Crippen LogP contribution in [0, 0.1) is 16.4 Å². The van der Waals surface area contributed by atoms with E-state index in [0.29, 0.717) is 5.56 Å². The smallest absolute Gasteiger partial charge is 0.257 e. The Morgan fingerprint density at radius 1 is 1.33 bits per heavy atom. The minimum Gasteiger partial charge on any atom is -0.322 e. The highest BCUT2D eigenvalue weighted by atomic mass is 127. The molecular weight excluding hydrogens is 346 g/mol. The summed E-state index contributed by atoms with van der Waals surface area (Å²) in [7, 11) is 0. The Balaban J connectivity index is 2.21. The number of hydrogen-bond donors (Lipinski definition) is 1. The summed E-state index contributed by atoms with van der Waals surface area (Å²) in [5, 5.41) is 2.78. The highest BCUT2D eigenvalue weighted by molar-refractivity contribution is 14.1. The van der Waals surface area contributed by atoms with Crippen molar-refractivity contribution in [2.24, 2.45) is 0 Å². The molecule has 0 fully saturated rings. The molecule has 0 radical (unpaired) electrons. The van der Waals surface area contributed by atoms with Crippen molar-refractivity contribution in [1.29, 1.82) is 0 Å². The Morgan fingerprint density at radius 3 is 2.78 bits per heavy atom. The number of carbonyl (C=O) groups excluding carboxylic acids is 1. The summed E-state index contributed by atoms with van der Waals surface area (Å²) in [5.41, 5.74) is 2.08. The number of pyridine rings is 1. The van der Waals surface area contributed by atoms with Crippen LogP contribution in [0.2, 0.25) is 0 Å². The molecule has 1 amide bonds. The van der Waals surface area contributed by atoms with Gasteiger partial charge in [-0.3, -0.25) is 4.79 Å². The maximum Gasteiger partial charge on any atom is 0.257 e. The van der Waals surface area contributed by atoms with Gasteiger partial charge in [0.1, 0.15) is 0 Å². The third-order valence-electron chi connectivity index (χ3n) is 2.51. The number of rotatable bonds is 2. The summed E-state index contributed by atoms with van der Waals surface area (Å²) in [5.74, 6) is -0.899. The number of hydrogen-bond acceptors (Lipinski definition) is 2. The van der Waals surface area contributed by atoms with E-state index in [1.54, 1.807) is 0 Å². The number of nitrogens with zero attached hydrogens (tertiary/aromatic N) is 1. The average molecular weight is 356 g/mol. The fourth-order valence-electron chi connectivity index (χ4n) is 1.45. The second-order valence-electron chi connectivity index (χ2n) is 3.74. The number of nitrogens with one attached hydrogen (secondary N) is 1. The van der Waals surface area contributed by atoms with Gasteiger partial charge in [-0.25, -0.2) is 4.98 Å². The van der Waals surface area contributed by atoms with Gasteiger partial charge >= 0.3 is 0 Å². The third-order valence-corrected chi connectivity index (χ3v) is 3.67. The lowest BCUT2D eigenvalue weighted by Gasteiger charge is -2.09. The van der Waals surface area contributed by atoms with Crippen LogP contribution >= 0.6 is 22.6 Å². The number of aromatic nitrogens is 1. The van der Waals surface area contributed by atoms with Crippen molar-refractivity contribution in [3.8, 4) is 0 Å². The molecule has 0 aliphatic carbocycles. The van der Waals surface area contributed by atoms with Crippen LogP contribution in [0.1, 0.15) is 15.9 Å². The highest BCUT2D eigenvalue weighted by Gasteiger charge is 2.09. The number of anilines is 1. The molecule has 92 valence electrons. The molecule has 2 aromatic rings. The second-order valence-corrected chi connectivity index (χ2v) is 4.90.